The van der Waals surface area contributed by atoms with Crippen molar-refractivity contribution in [2.45, 2.75) is 6.54 Å². The number of nitrogens with zero attached hydrogens (tertiary/aromatic N) is 1. The Morgan fingerprint density at radius 1 is 1.22 bits per heavy atom. The van der Waals surface area contributed by atoms with Crippen molar-refractivity contribution in [3.8, 4) is 0 Å². The summed E-state index contributed by atoms with van der Waals surface area (Å²) in [7, 11) is 0. The highest BCUT2D eigenvalue weighted by molar-refractivity contribution is 5.94. The quantitative estimate of drug-likeness (QED) is 0.821. The molecular weight excluding hydrogens is 247 g/mol. The molecule has 0 bridgehead atoms. The van der Waals surface area contributed by atoms with Gasteiger partial charge in [-0.1, -0.05) is 0 Å². The van der Waals surface area contributed by atoms with Gasteiger partial charge in [-0.3, -0.25) is 9.89 Å². The highest BCUT2D eigenvalue weighted by atomic mass is 19.2. The largest absolute Gasteiger partial charge is 0.346 e. The fourth-order valence-corrected chi connectivity index (χ4v) is 1.36. The molecule has 2 rings (SSSR count). The van der Waals surface area contributed by atoms with Crippen LogP contribution in [0.3, 0.4) is 0 Å². The van der Waals surface area contributed by atoms with Crippen LogP contribution in [0.1, 0.15) is 16.1 Å². The summed E-state index contributed by atoms with van der Waals surface area (Å²) in [5.41, 5.74) is 0.0553. The molecule has 0 radical (unpaired) electrons. The molecule has 18 heavy (non-hydrogen) atoms. The lowest BCUT2D eigenvalue weighted by atomic mass is 10.2. The molecule has 1 heterocycles. The van der Waals surface area contributed by atoms with Crippen molar-refractivity contribution in [1.29, 1.82) is 0 Å². The molecule has 2 N–H and O–H groups in total. The number of carbonyl (C=O) groups excluding carboxylic acids is 1. The number of H-pyrrole nitrogens is 1. The van der Waals surface area contributed by atoms with Gasteiger partial charge in [-0.2, -0.15) is 5.10 Å². The second-order valence-electron chi connectivity index (χ2n) is 3.49. The van der Waals surface area contributed by atoms with Crippen molar-refractivity contribution < 1.29 is 18.0 Å². The predicted molar refractivity (Wildman–Crippen MR) is 56.1 cm³/mol. The molecule has 0 saturated heterocycles. The number of halogens is 3. The molecule has 94 valence electrons. The second kappa shape index (κ2) is 4.91. The van der Waals surface area contributed by atoms with Gasteiger partial charge in [0.1, 0.15) is 0 Å². The van der Waals surface area contributed by atoms with Crippen LogP contribution in [-0.4, -0.2) is 16.1 Å². The first-order valence-electron chi connectivity index (χ1n) is 4.99. The average Bonchev–Trinajstić information content (AvgIpc) is 2.86. The third kappa shape index (κ3) is 2.34. The highest BCUT2D eigenvalue weighted by Crippen LogP contribution is 2.15. The number of hydrogen-bond donors (Lipinski definition) is 2. The lowest BCUT2D eigenvalue weighted by Crippen LogP contribution is -2.24. The van der Waals surface area contributed by atoms with E-state index in [0.29, 0.717) is 11.8 Å². The zero-order valence-corrected chi connectivity index (χ0v) is 9.01. The van der Waals surface area contributed by atoms with Gasteiger partial charge in [-0.15, -0.1) is 0 Å². The highest BCUT2D eigenvalue weighted by Gasteiger charge is 2.18. The molecular formula is C11H8F3N3O. The Morgan fingerprint density at radius 2 is 2.00 bits per heavy atom. The summed E-state index contributed by atoms with van der Waals surface area (Å²) in [5, 5.41) is 8.59. The van der Waals surface area contributed by atoms with Crippen LogP contribution in [0.5, 0.6) is 0 Å². The van der Waals surface area contributed by atoms with Gasteiger partial charge < -0.3 is 5.32 Å². The molecule has 0 saturated carbocycles. The van der Waals surface area contributed by atoms with Gasteiger partial charge in [0.15, 0.2) is 17.5 Å². The Hall–Kier alpha value is -2.31. The number of nitrogens with one attached hydrogen (secondary N) is 2. The average molecular weight is 255 g/mol. The van der Waals surface area contributed by atoms with Crippen molar-refractivity contribution in [2.75, 3.05) is 0 Å². The zero-order valence-electron chi connectivity index (χ0n) is 9.01. The maximum Gasteiger partial charge on any atom is 0.254 e. The summed E-state index contributed by atoms with van der Waals surface area (Å²) < 4.78 is 38.9. The zero-order chi connectivity index (χ0) is 13.1. The van der Waals surface area contributed by atoms with Gasteiger partial charge in [0.25, 0.3) is 5.91 Å². The lowest BCUT2D eigenvalue weighted by Gasteiger charge is -2.05. The van der Waals surface area contributed by atoms with Gasteiger partial charge in [0.05, 0.1) is 17.8 Å². The van der Waals surface area contributed by atoms with E-state index in [2.05, 4.69) is 15.5 Å². The predicted octanol–water partition coefficient (Wildman–Crippen LogP) is 1.76. The van der Waals surface area contributed by atoms with Crippen molar-refractivity contribution in [3.63, 3.8) is 0 Å². The standard InChI is InChI=1S/C11H8F3N3O/c12-8-2-1-7(9(13)10(8)14)11(18)15-5-6-3-4-16-17-6/h1-4H,5H2,(H,15,18)(H,16,17). The minimum atomic E-state index is -1.66. The van der Waals surface area contributed by atoms with E-state index in [1.165, 1.54) is 6.20 Å². The van der Waals surface area contributed by atoms with E-state index in [4.69, 9.17) is 0 Å². The Morgan fingerprint density at radius 3 is 2.67 bits per heavy atom. The topological polar surface area (TPSA) is 57.8 Å². The summed E-state index contributed by atoms with van der Waals surface area (Å²) >= 11 is 0. The number of amides is 1. The number of aromatic amines is 1. The maximum absolute atomic E-state index is 13.3. The van der Waals surface area contributed by atoms with Crippen molar-refractivity contribution in [3.05, 3.63) is 53.1 Å². The van der Waals surface area contributed by atoms with Gasteiger partial charge in [0, 0.05) is 6.20 Å². The SMILES string of the molecule is O=C(NCc1ccn[nH]1)c1ccc(F)c(F)c1F. The number of rotatable bonds is 3. The molecule has 0 spiro atoms. The fourth-order valence-electron chi connectivity index (χ4n) is 1.36. The van der Waals surface area contributed by atoms with E-state index in [-0.39, 0.29) is 6.54 Å². The van der Waals surface area contributed by atoms with Crippen molar-refractivity contribution in [1.82, 2.24) is 15.5 Å². The van der Waals surface area contributed by atoms with E-state index in [9.17, 15) is 18.0 Å². The van der Waals surface area contributed by atoms with Gasteiger partial charge in [-0.25, -0.2) is 13.2 Å². The van der Waals surface area contributed by atoms with Crippen LogP contribution in [0, 0.1) is 17.5 Å². The van der Waals surface area contributed by atoms with Gasteiger partial charge in [0.2, 0.25) is 0 Å². The molecule has 0 fully saturated rings. The molecule has 1 aromatic heterocycles. The number of hydrogen-bond acceptors (Lipinski definition) is 2. The molecule has 4 nitrogen and oxygen atoms in total. The number of aromatic nitrogens is 2. The fraction of sp³-hybridized carbons (Fsp3) is 0.0909. The van der Waals surface area contributed by atoms with Crippen molar-refractivity contribution in [2.24, 2.45) is 0 Å². The van der Waals surface area contributed by atoms with E-state index >= 15 is 0 Å². The Bertz CT molecular complexity index is 569. The van der Waals surface area contributed by atoms with Gasteiger partial charge in [-0.05, 0) is 18.2 Å². The summed E-state index contributed by atoms with van der Waals surface area (Å²) in [5.74, 6) is -5.33. The van der Waals surface area contributed by atoms with E-state index in [1.807, 2.05) is 0 Å². The number of benzene rings is 1. The molecule has 0 aliphatic carbocycles. The lowest BCUT2D eigenvalue weighted by molar-refractivity contribution is 0.0945. The third-order valence-corrected chi connectivity index (χ3v) is 2.28. The van der Waals surface area contributed by atoms with Crippen molar-refractivity contribution >= 4 is 5.91 Å². The van der Waals surface area contributed by atoms with Crippen LogP contribution in [0.4, 0.5) is 13.2 Å². The van der Waals surface area contributed by atoms with Crippen LogP contribution in [0.2, 0.25) is 0 Å². The van der Waals surface area contributed by atoms with Crippen LogP contribution in [-0.2, 0) is 6.54 Å². The Balaban J connectivity index is 2.12. The molecule has 0 atom stereocenters. The van der Waals surface area contributed by atoms with E-state index in [1.54, 1.807) is 6.07 Å². The first-order chi connectivity index (χ1) is 8.59. The Labute approximate surface area is 99.8 Å². The molecule has 1 amide bonds. The minimum absolute atomic E-state index is 0.0806. The second-order valence-corrected chi connectivity index (χ2v) is 3.49. The molecule has 7 heteroatoms. The first-order valence-corrected chi connectivity index (χ1v) is 4.99. The Kier molecular flexibility index (Phi) is 3.31. The van der Waals surface area contributed by atoms with Crippen LogP contribution in [0.15, 0.2) is 24.4 Å². The maximum atomic E-state index is 13.3. The first kappa shape index (κ1) is 12.2. The molecule has 0 unspecified atom stereocenters. The summed E-state index contributed by atoms with van der Waals surface area (Å²) in [6.07, 6.45) is 1.49. The van der Waals surface area contributed by atoms with Crippen LogP contribution in [0.25, 0.3) is 0 Å². The van der Waals surface area contributed by atoms with Crippen LogP contribution < -0.4 is 5.32 Å². The number of carbonyl (C=O) groups is 1. The molecule has 0 aliphatic heterocycles. The molecule has 1 aromatic carbocycles. The monoisotopic (exact) mass is 255 g/mol. The molecule has 0 aliphatic rings. The summed E-state index contributed by atoms with van der Waals surface area (Å²) in [4.78, 5) is 11.5. The minimum Gasteiger partial charge on any atom is -0.346 e. The van der Waals surface area contributed by atoms with Crippen LogP contribution >= 0.6 is 0 Å². The van der Waals surface area contributed by atoms with E-state index in [0.717, 1.165) is 6.07 Å². The summed E-state index contributed by atoms with van der Waals surface area (Å²) in [6, 6.07) is 3.20. The van der Waals surface area contributed by atoms with Gasteiger partial charge >= 0.3 is 0 Å². The third-order valence-electron chi connectivity index (χ3n) is 2.28. The normalized spacial score (nSPS) is 10.4. The molecule has 2 aromatic rings. The van der Waals surface area contributed by atoms with E-state index < -0.39 is 28.9 Å². The summed E-state index contributed by atoms with van der Waals surface area (Å²) in [6.45, 7) is 0.0806. The smallest absolute Gasteiger partial charge is 0.254 e.